The third kappa shape index (κ3) is 3.74. The van der Waals surface area contributed by atoms with Crippen molar-refractivity contribution in [2.24, 2.45) is 0 Å². The summed E-state index contributed by atoms with van der Waals surface area (Å²) >= 11 is 5.86. The first-order valence-electron chi connectivity index (χ1n) is 5.36. The molecule has 1 atom stereocenters. The molecule has 0 saturated carbocycles. The van der Waals surface area contributed by atoms with Crippen LogP contribution in [0.2, 0.25) is 5.02 Å². The molecule has 0 bridgehead atoms. The summed E-state index contributed by atoms with van der Waals surface area (Å²) in [6, 6.07) is 6.95. The molecule has 0 heterocycles. The lowest BCUT2D eigenvalue weighted by atomic mass is 10.2. The average Bonchev–Trinajstić information content (AvgIpc) is 2.26. The molecule has 88 valence electrons. The lowest BCUT2D eigenvalue weighted by Gasteiger charge is -2.16. The number of ether oxygens (including phenoxy) is 1. The number of anilines is 1. The molecular formula is C12H16ClNO2. The summed E-state index contributed by atoms with van der Waals surface area (Å²) in [6.45, 7) is 4.12. The van der Waals surface area contributed by atoms with Crippen molar-refractivity contribution in [3.8, 4) is 0 Å². The van der Waals surface area contributed by atoms with Crippen LogP contribution in [-0.4, -0.2) is 18.6 Å². The first kappa shape index (κ1) is 12.8. The second-order valence-corrected chi connectivity index (χ2v) is 3.80. The first-order chi connectivity index (χ1) is 7.67. The van der Waals surface area contributed by atoms with E-state index in [2.05, 4.69) is 5.32 Å². The molecule has 0 aliphatic rings. The minimum absolute atomic E-state index is 0.232. The van der Waals surface area contributed by atoms with Gasteiger partial charge in [-0.25, -0.2) is 4.79 Å². The number of carbonyl (C=O) groups is 1. The first-order valence-corrected chi connectivity index (χ1v) is 5.74. The molecule has 0 aliphatic heterocycles. The van der Waals surface area contributed by atoms with Gasteiger partial charge in [0.2, 0.25) is 0 Å². The third-order valence-electron chi connectivity index (χ3n) is 2.14. The van der Waals surface area contributed by atoms with Crippen molar-refractivity contribution in [3.63, 3.8) is 0 Å². The zero-order chi connectivity index (χ0) is 12.0. The molecular weight excluding hydrogens is 226 g/mol. The van der Waals surface area contributed by atoms with E-state index in [1.165, 1.54) is 0 Å². The molecule has 4 heteroatoms. The highest BCUT2D eigenvalue weighted by molar-refractivity contribution is 6.30. The maximum atomic E-state index is 11.5. The van der Waals surface area contributed by atoms with Gasteiger partial charge in [0.25, 0.3) is 0 Å². The molecule has 1 N–H and O–H groups in total. The number of benzene rings is 1. The summed E-state index contributed by atoms with van der Waals surface area (Å²) in [5, 5.41) is 3.74. The van der Waals surface area contributed by atoms with Crippen LogP contribution in [0.1, 0.15) is 20.3 Å². The normalized spacial score (nSPS) is 11.9. The minimum atomic E-state index is -0.321. The zero-order valence-electron chi connectivity index (χ0n) is 9.50. The number of hydrogen-bond donors (Lipinski definition) is 1. The summed E-state index contributed by atoms with van der Waals surface area (Å²) in [4.78, 5) is 11.5. The van der Waals surface area contributed by atoms with E-state index in [-0.39, 0.29) is 12.0 Å². The smallest absolute Gasteiger partial charge is 0.328 e. The van der Waals surface area contributed by atoms with Gasteiger partial charge in [0, 0.05) is 10.7 Å². The van der Waals surface area contributed by atoms with Gasteiger partial charge in [-0.3, -0.25) is 0 Å². The molecule has 1 rings (SSSR count). The van der Waals surface area contributed by atoms with Crippen LogP contribution in [0.5, 0.6) is 0 Å². The summed E-state index contributed by atoms with van der Waals surface area (Å²) < 4.78 is 4.96. The van der Waals surface area contributed by atoms with E-state index >= 15 is 0 Å². The molecule has 3 nitrogen and oxygen atoms in total. The molecule has 0 radical (unpaired) electrons. The quantitative estimate of drug-likeness (QED) is 0.805. The second-order valence-electron chi connectivity index (χ2n) is 3.37. The number of rotatable bonds is 5. The Bertz CT molecular complexity index is 355. The second kappa shape index (κ2) is 6.38. The van der Waals surface area contributed by atoms with Gasteiger partial charge in [-0.2, -0.15) is 0 Å². The standard InChI is InChI=1S/C12H16ClNO2/c1-3-11(12(15)16-4-2)14-10-7-5-6-9(13)8-10/h5-8,11,14H,3-4H2,1-2H3. The highest BCUT2D eigenvalue weighted by atomic mass is 35.5. The van der Waals surface area contributed by atoms with Crippen molar-refractivity contribution < 1.29 is 9.53 Å². The van der Waals surface area contributed by atoms with Crippen LogP contribution >= 0.6 is 11.6 Å². The van der Waals surface area contributed by atoms with E-state index in [1.807, 2.05) is 19.1 Å². The van der Waals surface area contributed by atoms with Crippen molar-refractivity contribution in [1.29, 1.82) is 0 Å². The molecule has 0 saturated heterocycles. The summed E-state index contributed by atoms with van der Waals surface area (Å²) in [7, 11) is 0. The van der Waals surface area contributed by atoms with Crippen LogP contribution in [0.4, 0.5) is 5.69 Å². The van der Waals surface area contributed by atoms with Crippen LogP contribution in [0.3, 0.4) is 0 Å². The van der Waals surface area contributed by atoms with Gasteiger partial charge in [-0.05, 0) is 31.5 Å². The fraction of sp³-hybridized carbons (Fsp3) is 0.417. The molecule has 0 fully saturated rings. The summed E-state index contributed by atoms with van der Waals surface area (Å²) in [6.07, 6.45) is 0.672. The topological polar surface area (TPSA) is 38.3 Å². The van der Waals surface area contributed by atoms with Gasteiger partial charge in [0.05, 0.1) is 6.61 Å². The lowest BCUT2D eigenvalue weighted by molar-refractivity contribution is -0.144. The van der Waals surface area contributed by atoms with Gasteiger partial charge >= 0.3 is 5.97 Å². The number of carbonyl (C=O) groups excluding carboxylic acids is 1. The van der Waals surface area contributed by atoms with Crippen LogP contribution in [-0.2, 0) is 9.53 Å². The fourth-order valence-corrected chi connectivity index (χ4v) is 1.54. The lowest BCUT2D eigenvalue weighted by Crippen LogP contribution is -2.30. The van der Waals surface area contributed by atoms with E-state index in [9.17, 15) is 4.79 Å². The van der Waals surface area contributed by atoms with Crippen molar-refractivity contribution in [2.45, 2.75) is 26.3 Å². The fourth-order valence-electron chi connectivity index (χ4n) is 1.35. The van der Waals surface area contributed by atoms with Gasteiger partial charge in [0.1, 0.15) is 6.04 Å². The Kier molecular flexibility index (Phi) is 5.12. The molecule has 0 amide bonds. The van der Waals surface area contributed by atoms with Crippen molar-refractivity contribution in [1.82, 2.24) is 0 Å². The maximum Gasteiger partial charge on any atom is 0.328 e. The van der Waals surface area contributed by atoms with E-state index in [0.717, 1.165) is 5.69 Å². The number of halogens is 1. The highest BCUT2D eigenvalue weighted by Crippen LogP contribution is 2.16. The van der Waals surface area contributed by atoms with Crippen molar-refractivity contribution >= 4 is 23.3 Å². The Morgan fingerprint density at radius 3 is 2.81 bits per heavy atom. The Morgan fingerprint density at radius 1 is 1.50 bits per heavy atom. The monoisotopic (exact) mass is 241 g/mol. The largest absolute Gasteiger partial charge is 0.464 e. The average molecular weight is 242 g/mol. The number of nitrogens with one attached hydrogen (secondary N) is 1. The van der Waals surface area contributed by atoms with E-state index in [0.29, 0.717) is 18.1 Å². The van der Waals surface area contributed by atoms with Gasteiger partial charge in [-0.1, -0.05) is 24.6 Å². The van der Waals surface area contributed by atoms with E-state index < -0.39 is 0 Å². The van der Waals surface area contributed by atoms with Crippen LogP contribution in [0.15, 0.2) is 24.3 Å². The van der Waals surface area contributed by atoms with Gasteiger partial charge in [-0.15, -0.1) is 0 Å². The van der Waals surface area contributed by atoms with Gasteiger partial charge in [0.15, 0.2) is 0 Å². The molecule has 16 heavy (non-hydrogen) atoms. The highest BCUT2D eigenvalue weighted by Gasteiger charge is 2.16. The predicted octanol–water partition coefficient (Wildman–Crippen LogP) is 3.09. The summed E-state index contributed by atoms with van der Waals surface area (Å²) in [5.41, 5.74) is 0.826. The van der Waals surface area contributed by atoms with E-state index in [4.69, 9.17) is 16.3 Å². The van der Waals surface area contributed by atoms with Crippen LogP contribution in [0, 0.1) is 0 Å². The Morgan fingerprint density at radius 2 is 2.25 bits per heavy atom. The van der Waals surface area contributed by atoms with Crippen molar-refractivity contribution in [2.75, 3.05) is 11.9 Å². The molecule has 1 aromatic carbocycles. The van der Waals surface area contributed by atoms with Crippen LogP contribution in [0.25, 0.3) is 0 Å². The SMILES string of the molecule is CCOC(=O)C(CC)Nc1cccc(Cl)c1. The van der Waals surface area contributed by atoms with Crippen LogP contribution < -0.4 is 5.32 Å². The Hall–Kier alpha value is -1.22. The molecule has 0 aliphatic carbocycles. The molecule has 1 aromatic rings. The predicted molar refractivity (Wildman–Crippen MR) is 65.8 cm³/mol. The zero-order valence-corrected chi connectivity index (χ0v) is 10.3. The number of hydrogen-bond acceptors (Lipinski definition) is 3. The van der Waals surface area contributed by atoms with E-state index in [1.54, 1.807) is 19.1 Å². The third-order valence-corrected chi connectivity index (χ3v) is 2.38. The number of esters is 1. The molecule has 1 unspecified atom stereocenters. The summed E-state index contributed by atoms with van der Waals surface area (Å²) in [5.74, 6) is -0.232. The maximum absolute atomic E-state index is 11.5. The Labute approximate surface area is 101 Å². The van der Waals surface area contributed by atoms with Gasteiger partial charge < -0.3 is 10.1 Å². The van der Waals surface area contributed by atoms with Crippen molar-refractivity contribution in [3.05, 3.63) is 29.3 Å². The molecule has 0 spiro atoms. The molecule has 0 aromatic heterocycles. The Balaban J connectivity index is 2.66. The minimum Gasteiger partial charge on any atom is -0.464 e.